The third-order valence-corrected chi connectivity index (χ3v) is 15.5. The second kappa shape index (κ2) is 18.4. The summed E-state index contributed by atoms with van der Waals surface area (Å²) in [4.78, 5) is 4.86. The molecule has 0 saturated carbocycles. The Bertz CT molecular complexity index is 3890. The number of rotatable bonds is 9. The maximum atomic E-state index is 2.51. The molecular formula is C73H50N2. The van der Waals surface area contributed by atoms with E-state index in [1.54, 1.807) is 0 Å². The summed E-state index contributed by atoms with van der Waals surface area (Å²) in [5, 5.41) is 0. The van der Waals surface area contributed by atoms with Gasteiger partial charge in [0.2, 0.25) is 0 Å². The summed E-state index contributed by atoms with van der Waals surface area (Å²) < 4.78 is 0. The van der Waals surface area contributed by atoms with E-state index in [4.69, 9.17) is 0 Å². The zero-order valence-electron chi connectivity index (χ0n) is 41.3. The smallest absolute Gasteiger partial charge is 0.0714 e. The normalized spacial score (nSPS) is 12.6. The number of hydrogen-bond acceptors (Lipinski definition) is 2. The molecule has 0 amide bonds. The zero-order chi connectivity index (χ0) is 49.7. The fourth-order valence-corrected chi connectivity index (χ4v) is 12.1. The first-order chi connectivity index (χ1) is 37.2. The van der Waals surface area contributed by atoms with Crippen LogP contribution in [0.15, 0.2) is 303 Å². The molecule has 12 aromatic rings. The molecule has 0 atom stereocenters. The quantitative estimate of drug-likeness (QED) is 0.142. The van der Waals surface area contributed by atoms with E-state index in [0.29, 0.717) is 0 Å². The van der Waals surface area contributed by atoms with Crippen molar-refractivity contribution in [3.63, 3.8) is 0 Å². The topological polar surface area (TPSA) is 6.48 Å². The van der Waals surface area contributed by atoms with Crippen molar-refractivity contribution in [3.8, 4) is 66.8 Å². The minimum absolute atomic E-state index is 0.523. The first kappa shape index (κ1) is 44.0. The maximum Gasteiger partial charge on any atom is 0.0714 e. The molecule has 0 spiro atoms. The van der Waals surface area contributed by atoms with Crippen LogP contribution in [-0.2, 0) is 5.41 Å². The Morgan fingerprint density at radius 2 is 0.627 bits per heavy atom. The van der Waals surface area contributed by atoms with Crippen molar-refractivity contribution < 1.29 is 0 Å². The Morgan fingerprint density at radius 3 is 1.17 bits per heavy atom. The summed E-state index contributed by atoms with van der Waals surface area (Å²) in [6, 6.07) is 111. The summed E-state index contributed by atoms with van der Waals surface area (Å²) in [7, 11) is 0. The predicted molar refractivity (Wildman–Crippen MR) is 314 cm³/mol. The third kappa shape index (κ3) is 7.41. The fraction of sp³-hybridized carbons (Fsp3) is 0.0137. The summed E-state index contributed by atoms with van der Waals surface area (Å²) in [5.74, 6) is 0. The number of para-hydroxylation sites is 1. The molecule has 1 heterocycles. The minimum Gasteiger partial charge on any atom is -0.311 e. The van der Waals surface area contributed by atoms with Crippen LogP contribution in [0.3, 0.4) is 0 Å². The van der Waals surface area contributed by atoms with E-state index in [-0.39, 0.29) is 0 Å². The average Bonchev–Trinajstić information content (AvgIpc) is 3.77. The first-order valence-electron chi connectivity index (χ1n) is 25.9. The number of benzene rings is 12. The highest BCUT2D eigenvalue weighted by Crippen LogP contribution is 2.59. The molecule has 75 heavy (non-hydrogen) atoms. The van der Waals surface area contributed by atoms with Gasteiger partial charge in [-0.2, -0.15) is 0 Å². The Kier molecular flexibility index (Phi) is 10.8. The van der Waals surface area contributed by atoms with E-state index in [9.17, 15) is 0 Å². The van der Waals surface area contributed by atoms with E-state index in [2.05, 4.69) is 313 Å². The van der Waals surface area contributed by atoms with Gasteiger partial charge < -0.3 is 9.80 Å². The van der Waals surface area contributed by atoms with Crippen molar-refractivity contribution in [2.75, 3.05) is 9.80 Å². The Balaban J connectivity index is 0.895. The van der Waals surface area contributed by atoms with Crippen molar-refractivity contribution in [2.45, 2.75) is 5.41 Å². The second-order valence-electron chi connectivity index (χ2n) is 19.6. The van der Waals surface area contributed by atoms with Gasteiger partial charge in [0.1, 0.15) is 0 Å². The van der Waals surface area contributed by atoms with Gasteiger partial charge >= 0.3 is 0 Å². The van der Waals surface area contributed by atoms with Crippen molar-refractivity contribution in [3.05, 3.63) is 326 Å². The Hall–Kier alpha value is -9.76. The number of hydrogen-bond donors (Lipinski definition) is 0. The van der Waals surface area contributed by atoms with Gasteiger partial charge in [-0.15, -0.1) is 0 Å². The standard InChI is InChI=1S/C73H50N2/c1-5-19-51(20-6-1)53-33-40-59(41-34-53)74(60-42-35-54(36-43-60)52-21-7-2-8-22-52)61-44-37-55(38-45-61)56-39-48-72-68(49-56)64-28-14-13-27-63(64)67-30-16-18-32-71(67)75(72)62-46-47-66-65-29-15-17-31-69(65)73(70(66)50-62,57-23-9-3-10-24-57)58-25-11-4-12-26-58/h1-50H. The summed E-state index contributed by atoms with van der Waals surface area (Å²) >= 11 is 0. The van der Waals surface area contributed by atoms with Crippen LogP contribution in [0, 0.1) is 0 Å². The molecule has 0 radical (unpaired) electrons. The van der Waals surface area contributed by atoms with E-state index in [1.165, 1.54) is 77.9 Å². The summed E-state index contributed by atoms with van der Waals surface area (Å²) in [6.45, 7) is 0. The molecule has 0 fully saturated rings. The lowest BCUT2D eigenvalue weighted by molar-refractivity contribution is 0.768. The van der Waals surface area contributed by atoms with Crippen LogP contribution in [-0.4, -0.2) is 0 Å². The highest BCUT2D eigenvalue weighted by Gasteiger charge is 2.46. The molecular weight excluding hydrogens is 905 g/mol. The van der Waals surface area contributed by atoms with E-state index < -0.39 is 5.41 Å². The number of fused-ring (bicyclic) bond motifs is 8. The Morgan fingerprint density at radius 1 is 0.240 bits per heavy atom. The Labute approximate surface area is 439 Å². The lowest BCUT2D eigenvalue weighted by Crippen LogP contribution is -2.28. The molecule has 0 N–H and O–H groups in total. The molecule has 0 bridgehead atoms. The summed E-state index contributed by atoms with van der Waals surface area (Å²) in [6.07, 6.45) is 0. The van der Waals surface area contributed by atoms with Crippen LogP contribution in [0.1, 0.15) is 22.3 Å². The highest BCUT2D eigenvalue weighted by molar-refractivity contribution is 6.04. The van der Waals surface area contributed by atoms with Gasteiger partial charge in [-0.3, -0.25) is 0 Å². The van der Waals surface area contributed by atoms with Gasteiger partial charge in [0.05, 0.1) is 16.8 Å². The van der Waals surface area contributed by atoms with Crippen LogP contribution in [0.2, 0.25) is 0 Å². The molecule has 0 aromatic heterocycles. The van der Waals surface area contributed by atoms with Crippen molar-refractivity contribution >= 4 is 34.1 Å². The van der Waals surface area contributed by atoms with Gasteiger partial charge in [0.25, 0.3) is 0 Å². The fourth-order valence-electron chi connectivity index (χ4n) is 12.1. The maximum absolute atomic E-state index is 2.51. The molecule has 14 rings (SSSR count). The molecule has 12 aromatic carbocycles. The third-order valence-electron chi connectivity index (χ3n) is 15.5. The average molecular weight is 955 g/mol. The van der Waals surface area contributed by atoms with Crippen LogP contribution in [0.5, 0.6) is 0 Å². The lowest BCUT2D eigenvalue weighted by atomic mass is 9.67. The predicted octanol–water partition coefficient (Wildman–Crippen LogP) is 19.6. The largest absolute Gasteiger partial charge is 0.311 e. The molecule has 0 saturated heterocycles. The van der Waals surface area contributed by atoms with Crippen molar-refractivity contribution in [1.82, 2.24) is 0 Å². The number of anilines is 6. The van der Waals surface area contributed by atoms with E-state index >= 15 is 0 Å². The SMILES string of the molecule is c1ccc(-c2ccc(N(c3ccc(-c4ccccc4)cc3)c3ccc(-c4ccc5c(c4)-c4ccccc4-c4ccccc4N5c4ccc5c(c4)C(c4ccccc4)(c4ccccc4)c4ccccc4-5)cc3)cc2)cc1. The molecule has 0 unspecified atom stereocenters. The van der Waals surface area contributed by atoms with Gasteiger partial charge in [0.15, 0.2) is 0 Å². The van der Waals surface area contributed by atoms with E-state index in [1.807, 2.05) is 0 Å². The highest BCUT2D eigenvalue weighted by atomic mass is 15.2. The van der Waals surface area contributed by atoms with Crippen LogP contribution >= 0.6 is 0 Å². The molecule has 352 valence electrons. The van der Waals surface area contributed by atoms with Crippen LogP contribution in [0.4, 0.5) is 34.1 Å². The molecule has 2 aliphatic rings. The molecule has 1 aliphatic carbocycles. The first-order valence-corrected chi connectivity index (χ1v) is 25.9. The second-order valence-corrected chi connectivity index (χ2v) is 19.6. The minimum atomic E-state index is -0.523. The van der Waals surface area contributed by atoms with Crippen LogP contribution in [0.25, 0.3) is 66.8 Å². The van der Waals surface area contributed by atoms with Gasteiger partial charge in [-0.25, -0.2) is 0 Å². The van der Waals surface area contributed by atoms with Crippen molar-refractivity contribution in [2.24, 2.45) is 0 Å². The van der Waals surface area contributed by atoms with Gasteiger partial charge in [0, 0.05) is 33.9 Å². The zero-order valence-corrected chi connectivity index (χ0v) is 41.3. The molecule has 2 heteroatoms. The number of nitrogens with zero attached hydrogens (tertiary/aromatic N) is 2. The van der Waals surface area contributed by atoms with E-state index in [0.717, 1.165) is 45.3 Å². The molecule has 2 nitrogen and oxygen atoms in total. The summed E-state index contributed by atoms with van der Waals surface area (Å²) in [5.41, 5.74) is 25.7. The molecule has 1 aliphatic heterocycles. The van der Waals surface area contributed by atoms with Gasteiger partial charge in [-0.05, 0) is 145 Å². The monoisotopic (exact) mass is 954 g/mol. The van der Waals surface area contributed by atoms with Crippen LogP contribution < -0.4 is 9.80 Å². The lowest BCUT2D eigenvalue weighted by Gasteiger charge is -2.35. The van der Waals surface area contributed by atoms with Gasteiger partial charge in [-0.1, -0.05) is 237 Å². The van der Waals surface area contributed by atoms with Crippen molar-refractivity contribution in [1.29, 1.82) is 0 Å².